The van der Waals surface area contributed by atoms with E-state index in [0.29, 0.717) is 12.2 Å². The lowest BCUT2D eigenvalue weighted by Gasteiger charge is -2.03. The van der Waals surface area contributed by atoms with E-state index in [-0.39, 0.29) is 11.3 Å². The van der Waals surface area contributed by atoms with Crippen LogP contribution in [-0.4, -0.2) is 17.4 Å². The van der Waals surface area contributed by atoms with Gasteiger partial charge in [0.1, 0.15) is 11.6 Å². The maximum atomic E-state index is 13.0. The van der Waals surface area contributed by atoms with Crippen molar-refractivity contribution in [1.82, 2.24) is 4.98 Å². The van der Waals surface area contributed by atoms with Gasteiger partial charge in [-0.2, -0.15) is 0 Å². The molecule has 2 heterocycles. The summed E-state index contributed by atoms with van der Waals surface area (Å²) in [6.45, 7) is 0.647. The number of carbonyl (C=O) groups is 1. The molecule has 1 aromatic carbocycles. The SMILES string of the molecule is O=C(c1cncc(F)c1)c1ccc2c(c1)CCO2. The molecular formula is C14H10FNO2. The lowest BCUT2D eigenvalue weighted by atomic mass is 10.0. The third-order valence-electron chi connectivity index (χ3n) is 2.92. The Bertz CT molecular complexity index is 625. The van der Waals surface area contributed by atoms with Crippen molar-refractivity contribution in [2.75, 3.05) is 6.61 Å². The maximum absolute atomic E-state index is 13.0. The molecule has 0 saturated carbocycles. The fourth-order valence-electron chi connectivity index (χ4n) is 2.03. The molecular weight excluding hydrogens is 233 g/mol. The van der Waals surface area contributed by atoms with E-state index in [4.69, 9.17) is 4.74 Å². The minimum absolute atomic E-state index is 0.225. The van der Waals surface area contributed by atoms with Gasteiger partial charge in [0.25, 0.3) is 0 Å². The third-order valence-corrected chi connectivity index (χ3v) is 2.92. The van der Waals surface area contributed by atoms with Crippen LogP contribution in [0.3, 0.4) is 0 Å². The minimum atomic E-state index is -0.509. The number of ether oxygens (including phenoxy) is 1. The van der Waals surface area contributed by atoms with Gasteiger partial charge in [-0.25, -0.2) is 4.39 Å². The molecule has 0 atom stereocenters. The molecule has 3 rings (SSSR count). The van der Waals surface area contributed by atoms with Crippen LogP contribution in [0.2, 0.25) is 0 Å². The molecule has 0 fully saturated rings. The first-order valence-electron chi connectivity index (χ1n) is 5.65. The Kier molecular flexibility index (Phi) is 2.55. The second kappa shape index (κ2) is 4.22. The lowest BCUT2D eigenvalue weighted by molar-refractivity contribution is 0.103. The highest BCUT2D eigenvalue weighted by atomic mass is 19.1. The Labute approximate surface area is 103 Å². The van der Waals surface area contributed by atoms with Crippen molar-refractivity contribution in [2.24, 2.45) is 0 Å². The summed E-state index contributed by atoms with van der Waals surface area (Å²) in [4.78, 5) is 15.8. The summed E-state index contributed by atoms with van der Waals surface area (Å²) in [6.07, 6.45) is 3.25. The lowest BCUT2D eigenvalue weighted by Crippen LogP contribution is -2.03. The standard InChI is InChI=1S/C14H10FNO2/c15-12-6-11(7-16-8-12)14(17)10-1-2-13-9(5-10)3-4-18-13/h1-2,5-8H,3-4H2. The zero-order valence-electron chi connectivity index (χ0n) is 9.52. The van der Waals surface area contributed by atoms with Crippen molar-refractivity contribution in [2.45, 2.75) is 6.42 Å². The molecule has 0 bridgehead atoms. The molecule has 0 spiro atoms. The molecule has 0 unspecified atom stereocenters. The van der Waals surface area contributed by atoms with Gasteiger partial charge in [0, 0.05) is 23.7 Å². The number of hydrogen-bond donors (Lipinski definition) is 0. The number of hydrogen-bond acceptors (Lipinski definition) is 3. The second-order valence-electron chi connectivity index (χ2n) is 4.14. The summed E-state index contributed by atoms with van der Waals surface area (Å²) in [5, 5.41) is 0. The molecule has 4 heteroatoms. The first-order chi connectivity index (χ1) is 8.74. The monoisotopic (exact) mass is 243 g/mol. The van der Waals surface area contributed by atoms with Crippen molar-refractivity contribution < 1.29 is 13.9 Å². The topological polar surface area (TPSA) is 39.2 Å². The summed E-state index contributed by atoms with van der Waals surface area (Å²) in [5.41, 5.74) is 1.81. The van der Waals surface area contributed by atoms with E-state index in [1.807, 2.05) is 0 Å². The molecule has 0 amide bonds. The van der Waals surface area contributed by atoms with Crippen LogP contribution in [-0.2, 0) is 6.42 Å². The molecule has 1 aliphatic rings. The molecule has 0 N–H and O–H groups in total. The maximum Gasteiger partial charge on any atom is 0.194 e. The molecule has 0 saturated heterocycles. The third kappa shape index (κ3) is 1.86. The van der Waals surface area contributed by atoms with Gasteiger partial charge in [0.15, 0.2) is 5.78 Å². The number of carbonyl (C=O) groups excluding carboxylic acids is 1. The summed E-state index contributed by atoms with van der Waals surface area (Å²) in [7, 11) is 0. The number of fused-ring (bicyclic) bond motifs is 1. The highest BCUT2D eigenvalue weighted by Gasteiger charge is 2.16. The van der Waals surface area contributed by atoms with Crippen LogP contribution in [0.5, 0.6) is 5.75 Å². The Morgan fingerprint density at radius 2 is 2.11 bits per heavy atom. The number of ketones is 1. The second-order valence-corrected chi connectivity index (χ2v) is 4.14. The van der Waals surface area contributed by atoms with Crippen LogP contribution >= 0.6 is 0 Å². The smallest absolute Gasteiger partial charge is 0.194 e. The molecule has 18 heavy (non-hydrogen) atoms. The molecule has 0 aliphatic carbocycles. The Morgan fingerprint density at radius 1 is 1.22 bits per heavy atom. The molecule has 2 aromatic rings. The number of aromatic nitrogens is 1. The first-order valence-corrected chi connectivity index (χ1v) is 5.65. The predicted octanol–water partition coefficient (Wildman–Crippen LogP) is 2.39. The first kappa shape index (κ1) is 10.9. The van der Waals surface area contributed by atoms with Crippen molar-refractivity contribution in [3.05, 3.63) is 59.2 Å². The molecule has 1 aliphatic heterocycles. The number of rotatable bonds is 2. The molecule has 90 valence electrons. The van der Waals surface area contributed by atoms with Gasteiger partial charge >= 0.3 is 0 Å². The fourth-order valence-corrected chi connectivity index (χ4v) is 2.03. The number of benzene rings is 1. The van der Waals surface area contributed by atoms with Crippen LogP contribution in [0.4, 0.5) is 4.39 Å². The van der Waals surface area contributed by atoms with Crippen molar-refractivity contribution >= 4 is 5.78 Å². The van der Waals surface area contributed by atoms with Gasteiger partial charge in [-0.15, -0.1) is 0 Å². The van der Waals surface area contributed by atoms with Gasteiger partial charge in [-0.3, -0.25) is 9.78 Å². The van der Waals surface area contributed by atoms with Crippen LogP contribution in [0.15, 0.2) is 36.7 Å². The van der Waals surface area contributed by atoms with Gasteiger partial charge in [0.2, 0.25) is 0 Å². The van der Waals surface area contributed by atoms with E-state index in [1.54, 1.807) is 18.2 Å². The highest BCUT2D eigenvalue weighted by Crippen LogP contribution is 2.26. The average Bonchev–Trinajstić information content (AvgIpc) is 2.85. The van der Waals surface area contributed by atoms with E-state index in [1.165, 1.54) is 12.3 Å². The zero-order valence-corrected chi connectivity index (χ0v) is 9.52. The average molecular weight is 243 g/mol. The van der Waals surface area contributed by atoms with Crippen molar-refractivity contribution in [1.29, 1.82) is 0 Å². The van der Waals surface area contributed by atoms with Gasteiger partial charge < -0.3 is 4.74 Å². The number of pyridine rings is 1. The Balaban J connectivity index is 1.98. The largest absolute Gasteiger partial charge is 0.493 e. The predicted molar refractivity (Wildman–Crippen MR) is 63.3 cm³/mol. The molecule has 3 nitrogen and oxygen atoms in total. The van der Waals surface area contributed by atoms with Crippen molar-refractivity contribution in [3.63, 3.8) is 0 Å². The zero-order chi connectivity index (χ0) is 12.5. The quantitative estimate of drug-likeness (QED) is 0.760. The Hall–Kier alpha value is -2.23. The summed E-state index contributed by atoms with van der Waals surface area (Å²) >= 11 is 0. The van der Waals surface area contributed by atoms with E-state index < -0.39 is 5.82 Å². The van der Waals surface area contributed by atoms with Gasteiger partial charge in [-0.05, 0) is 29.8 Å². The molecule has 0 radical (unpaired) electrons. The molecule has 1 aromatic heterocycles. The minimum Gasteiger partial charge on any atom is -0.493 e. The van der Waals surface area contributed by atoms with E-state index >= 15 is 0 Å². The summed E-state index contributed by atoms with van der Waals surface area (Å²) < 4.78 is 18.4. The van der Waals surface area contributed by atoms with Crippen LogP contribution in [0.1, 0.15) is 21.5 Å². The van der Waals surface area contributed by atoms with Crippen LogP contribution in [0.25, 0.3) is 0 Å². The van der Waals surface area contributed by atoms with Gasteiger partial charge in [-0.1, -0.05) is 0 Å². The normalized spacial score (nSPS) is 12.9. The number of halogens is 1. The van der Waals surface area contributed by atoms with Gasteiger partial charge in [0.05, 0.1) is 12.8 Å². The summed E-state index contributed by atoms with van der Waals surface area (Å²) in [6, 6.07) is 6.47. The Morgan fingerprint density at radius 3 is 2.94 bits per heavy atom. The van der Waals surface area contributed by atoms with Crippen LogP contribution in [0, 0.1) is 5.82 Å². The van der Waals surface area contributed by atoms with E-state index in [2.05, 4.69) is 4.98 Å². The number of nitrogens with zero attached hydrogens (tertiary/aromatic N) is 1. The van der Waals surface area contributed by atoms with Crippen LogP contribution < -0.4 is 4.74 Å². The van der Waals surface area contributed by atoms with Crippen molar-refractivity contribution in [3.8, 4) is 5.75 Å². The van der Waals surface area contributed by atoms with E-state index in [9.17, 15) is 9.18 Å². The highest BCUT2D eigenvalue weighted by molar-refractivity contribution is 6.09. The fraction of sp³-hybridized carbons (Fsp3) is 0.143. The summed E-state index contributed by atoms with van der Waals surface area (Å²) in [5.74, 6) is 0.0889. The van der Waals surface area contributed by atoms with E-state index in [0.717, 1.165) is 23.9 Å².